The summed E-state index contributed by atoms with van der Waals surface area (Å²) >= 11 is 0. The fraction of sp³-hybridized carbons (Fsp3) is 0.467. The summed E-state index contributed by atoms with van der Waals surface area (Å²) in [6, 6.07) is 4.34. The molecule has 0 saturated carbocycles. The monoisotopic (exact) mass is 278 g/mol. The van der Waals surface area contributed by atoms with Crippen molar-refractivity contribution in [3.63, 3.8) is 0 Å². The Morgan fingerprint density at radius 1 is 1.25 bits per heavy atom. The number of urea groups is 1. The van der Waals surface area contributed by atoms with E-state index in [4.69, 9.17) is 5.11 Å². The number of carboxylic acids is 1. The molecule has 1 atom stereocenters. The fourth-order valence-electron chi connectivity index (χ4n) is 1.55. The zero-order chi connectivity index (χ0) is 15.3. The number of amides is 2. The number of benzene rings is 1. The molecule has 1 aromatic carbocycles. The van der Waals surface area contributed by atoms with Crippen LogP contribution >= 0.6 is 0 Å². The molecule has 0 aliphatic rings. The van der Waals surface area contributed by atoms with Crippen molar-refractivity contribution in [2.45, 2.75) is 27.7 Å². The Bertz CT molecular complexity index is 498. The van der Waals surface area contributed by atoms with E-state index in [1.165, 1.54) is 12.1 Å². The van der Waals surface area contributed by atoms with Crippen LogP contribution in [-0.4, -0.2) is 23.7 Å². The molecular formula is C15H22N2O3. The zero-order valence-corrected chi connectivity index (χ0v) is 12.4. The van der Waals surface area contributed by atoms with Crippen molar-refractivity contribution in [1.82, 2.24) is 5.32 Å². The first-order chi connectivity index (χ1) is 9.31. The van der Waals surface area contributed by atoms with Gasteiger partial charge in [0, 0.05) is 12.2 Å². The number of nitrogens with one attached hydrogen (secondary N) is 2. The average molecular weight is 278 g/mol. The molecule has 0 bridgehead atoms. The van der Waals surface area contributed by atoms with E-state index in [0.717, 1.165) is 5.56 Å². The number of aromatic carboxylic acids is 1. The van der Waals surface area contributed by atoms with Gasteiger partial charge in [-0.3, -0.25) is 0 Å². The quantitative estimate of drug-likeness (QED) is 0.774. The number of rotatable bonds is 5. The van der Waals surface area contributed by atoms with Gasteiger partial charge < -0.3 is 15.7 Å². The Kier molecular flexibility index (Phi) is 5.55. The van der Waals surface area contributed by atoms with Crippen LogP contribution in [0.25, 0.3) is 0 Å². The third-order valence-corrected chi connectivity index (χ3v) is 3.46. The van der Waals surface area contributed by atoms with Gasteiger partial charge in [0.05, 0.1) is 5.56 Å². The lowest BCUT2D eigenvalue weighted by molar-refractivity contribution is 0.0697. The first-order valence-electron chi connectivity index (χ1n) is 6.70. The van der Waals surface area contributed by atoms with Crippen LogP contribution in [-0.2, 0) is 0 Å². The summed E-state index contributed by atoms with van der Waals surface area (Å²) in [5.41, 5.74) is 1.49. The van der Waals surface area contributed by atoms with Crippen molar-refractivity contribution in [1.29, 1.82) is 0 Å². The van der Waals surface area contributed by atoms with E-state index in [1.807, 2.05) is 6.92 Å². The number of carboxylic acid groups (broad SMARTS) is 1. The van der Waals surface area contributed by atoms with Crippen LogP contribution in [0, 0.1) is 18.8 Å². The van der Waals surface area contributed by atoms with Gasteiger partial charge in [-0.2, -0.15) is 0 Å². The summed E-state index contributed by atoms with van der Waals surface area (Å²) in [6.07, 6.45) is 0. The smallest absolute Gasteiger partial charge is 0.335 e. The maximum atomic E-state index is 11.8. The molecule has 0 fully saturated rings. The molecule has 5 heteroatoms. The fourth-order valence-corrected chi connectivity index (χ4v) is 1.55. The molecule has 0 heterocycles. The van der Waals surface area contributed by atoms with Gasteiger partial charge in [-0.25, -0.2) is 9.59 Å². The Morgan fingerprint density at radius 2 is 1.90 bits per heavy atom. The van der Waals surface area contributed by atoms with Gasteiger partial charge in [0.25, 0.3) is 0 Å². The van der Waals surface area contributed by atoms with Crippen molar-refractivity contribution in [3.8, 4) is 0 Å². The van der Waals surface area contributed by atoms with Crippen molar-refractivity contribution >= 4 is 17.7 Å². The highest BCUT2D eigenvalue weighted by molar-refractivity contribution is 5.93. The van der Waals surface area contributed by atoms with E-state index in [1.54, 1.807) is 6.07 Å². The topological polar surface area (TPSA) is 78.4 Å². The van der Waals surface area contributed by atoms with E-state index in [0.29, 0.717) is 24.1 Å². The first-order valence-corrected chi connectivity index (χ1v) is 6.70. The SMILES string of the molecule is Cc1ccc(C(=O)O)cc1NC(=O)NCC(C)C(C)C. The summed E-state index contributed by atoms with van der Waals surface area (Å²) in [7, 11) is 0. The molecular weight excluding hydrogens is 256 g/mol. The van der Waals surface area contributed by atoms with E-state index >= 15 is 0 Å². The summed E-state index contributed by atoms with van der Waals surface area (Å²) in [5.74, 6) is -0.138. The average Bonchev–Trinajstić information content (AvgIpc) is 2.38. The van der Waals surface area contributed by atoms with E-state index in [-0.39, 0.29) is 11.6 Å². The molecule has 0 radical (unpaired) electrons. The lowest BCUT2D eigenvalue weighted by Gasteiger charge is -2.17. The maximum Gasteiger partial charge on any atom is 0.335 e. The predicted molar refractivity (Wildman–Crippen MR) is 79.2 cm³/mol. The third kappa shape index (κ3) is 4.57. The molecule has 2 amide bonds. The van der Waals surface area contributed by atoms with Gasteiger partial charge in [-0.05, 0) is 36.5 Å². The summed E-state index contributed by atoms with van der Waals surface area (Å²) in [4.78, 5) is 22.7. The molecule has 5 nitrogen and oxygen atoms in total. The number of aryl methyl sites for hydroxylation is 1. The molecule has 3 N–H and O–H groups in total. The minimum absolute atomic E-state index is 0.154. The first kappa shape index (κ1) is 16.0. The van der Waals surface area contributed by atoms with Gasteiger partial charge in [0.15, 0.2) is 0 Å². The highest BCUT2D eigenvalue weighted by Gasteiger charge is 2.11. The Hall–Kier alpha value is -2.04. The van der Waals surface area contributed by atoms with Gasteiger partial charge >= 0.3 is 12.0 Å². The molecule has 1 unspecified atom stereocenters. The van der Waals surface area contributed by atoms with E-state index < -0.39 is 5.97 Å². The van der Waals surface area contributed by atoms with Crippen molar-refractivity contribution in [2.24, 2.45) is 11.8 Å². The summed E-state index contributed by atoms with van der Waals surface area (Å²) < 4.78 is 0. The van der Waals surface area contributed by atoms with Gasteiger partial charge in [0.1, 0.15) is 0 Å². The minimum atomic E-state index is -1.01. The second kappa shape index (κ2) is 6.93. The molecule has 0 aliphatic heterocycles. The van der Waals surface area contributed by atoms with Crippen LogP contribution in [0.4, 0.5) is 10.5 Å². The van der Waals surface area contributed by atoms with Crippen molar-refractivity contribution in [3.05, 3.63) is 29.3 Å². The predicted octanol–water partition coefficient (Wildman–Crippen LogP) is 3.11. The molecule has 1 rings (SSSR count). The zero-order valence-electron chi connectivity index (χ0n) is 12.4. The Morgan fingerprint density at radius 3 is 2.45 bits per heavy atom. The number of hydrogen-bond acceptors (Lipinski definition) is 2. The highest BCUT2D eigenvalue weighted by Crippen LogP contribution is 2.17. The Labute approximate surface area is 119 Å². The van der Waals surface area contributed by atoms with Gasteiger partial charge in [0.2, 0.25) is 0 Å². The van der Waals surface area contributed by atoms with Gasteiger partial charge in [-0.15, -0.1) is 0 Å². The molecule has 0 saturated heterocycles. The van der Waals surface area contributed by atoms with Crippen molar-refractivity contribution in [2.75, 3.05) is 11.9 Å². The number of carbonyl (C=O) groups excluding carboxylic acids is 1. The second-order valence-electron chi connectivity index (χ2n) is 5.39. The van der Waals surface area contributed by atoms with Crippen molar-refractivity contribution < 1.29 is 14.7 Å². The number of hydrogen-bond donors (Lipinski definition) is 3. The summed E-state index contributed by atoms with van der Waals surface area (Å²) in [5, 5.41) is 14.4. The number of carbonyl (C=O) groups is 2. The molecule has 110 valence electrons. The van der Waals surface area contributed by atoms with Crippen LogP contribution in [0.1, 0.15) is 36.7 Å². The van der Waals surface area contributed by atoms with E-state index in [2.05, 4.69) is 31.4 Å². The lowest BCUT2D eigenvalue weighted by Crippen LogP contribution is -2.33. The van der Waals surface area contributed by atoms with Crippen LogP contribution < -0.4 is 10.6 Å². The standard InChI is InChI=1S/C15H22N2O3/c1-9(2)11(4)8-16-15(20)17-13-7-12(14(18)19)6-5-10(13)3/h5-7,9,11H,8H2,1-4H3,(H,18,19)(H2,16,17,20). The molecule has 0 spiro atoms. The molecule has 0 aliphatic carbocycles. The normalized spacial score (nSPS) is 12.1. The summed E-state index contributed by atoms with van der Waals surface area (Å²) in [6.45, 7) is 8.68. The maximum absolute atomic E-state index is 11.8. The van der Waals surface area contributed by atoms with Crippen LogP contribution in [0.3, 0.4) is 0 Å². The van der Waals surface area contributed by atoms with E-state index in [9.17, 15) is 9.59 Å². The van der Waals surface area contributed by atoms with Crippen LogP contribution in [0.2, 0.25) is 0 Å². The number of anilines is 1. The third-order valence-electron chi connectivity index (χ3n) is 3.46. The lowest BCUT2D eigenvalue weighted by atomic mass is 9.98. The minimum Gasteiger partial charge on any atom is -0.478 e. The molecule has 20 heavy (non-hydrogen) atoms. The highest BCUT2D eigenvalue weighted by atomic mass is 16.4. The van der Waals surface area contributed by atoms with Gasteiger partial charge in [-0.1, -0.05) is 26.8 Å². The molecule has 1 aromatic rings. The Balaban J connectivity index is 2.66. The molecule has 0 aromatic heterocycles. The second-order valence-corrected chi connectivity index (χ2v) is 5.39. The van der Waals surface area contributed by atoms with Crippen LogP contribution in [0.15, 0.2) is 18.2 Å². The largest absolute Gasteiger partial charge is 0.478 e. The van der Waals surface area contributed by atoms with Crippen LogP contribution in [0.5, 0.6) is 0 Å².